The van der Waals surface area contributed by atoms with Gasteiger partial charge in [-0.3, -0.25) is 4.99 Å². The number of aliphatic carboxylic acids is 1. The number of carbonyl (C=O) groups is 1. The Morgan fingerprint density at radius 1 is 1.40 bits per heavy atom. The Kier molecular flexibility index (Phi) is 2.64. The lowest BCUT2D eigenvalue weighted by atomic mass is 10.2. The van der Waals surface area contributed by atoms with Crippen molar-refractivity contribution in [3.05, 3.63) is 29.8 Å². The molecule has 5 heteroatoms. The van der Waals surface area contributed by atoms with E-state index in [0.29, 0.717) is 5.75 Å². The lowest BCUT2D eigenvalue weighted by Crippen LogP contribution is -2.17. The Balaban J connectivity index is 2.22. The highest BCUT2D eigenvalue weighted by Crippen LogP contribution is 2.24. The molecule has 0 aromatic heterocycles. The summed E-state index contributed by atoms with van der Waals surface area (Å²) >= 11 is 1.43. The molecule has 1 heterocycles. The third-order valence-electron chi connectivity index (χ3n) is 2.05. The number of thioether (sulfide) groups is 1. The first-order valence-electron chi connectivity index (χ1n) is 4.39. The standard InChI is InChI=1S/C10H9NO3S/c12-7-3-1-6(2-4-7)9-11-8(5-15-9)10(13)14/h1-4,8,12H,5H2,(H,13,14)/t8-/m0/s1. The molecule has 1 aliphatic heterocycles. The molecule has 0 amide bonds. The summed E-state index contributed by atoms with van der Waals surface area (Å²) in [5.74, 6) is -0.223. The molecule has 0 saturated carbocycles. The highest BCUT2D eigenvalue weighted by atomic mass is 32.2. The average molecular weight is 223 g/mol. The highest BCUT2D eigenvalue weighted by molar-refractivity contribution is 8.14. The zero-order valence-electron chi connectivity index (χ0n) is 7.75. The Morgan fingerprint density at radius 3 is 2.60 bits per heavy atom. The number of hydrogen-bond donors (Lipinski definition) is 2. The van der Waals surface area contributed by atoms with Gasteiger partial charge in [0.15, 0.2) is 6.04 Å². The number of phenolic OH excluding ortho intramolecular Hbond substituents is 1. The number of aromatic hydroxyl groups is 1. The summed E-state index contributed by atoms with van der Waals surface area (Å²) in [6, 6.07) is 5.94. The van der Waals surface area contributed by atoms with Gasteiger partial charge in [-0.1, -0.05) is 0 Å². The van der Waals surface area contributed by atoms with Crippen LogP contribution < -0.4 is 0 Å². The van der Waals surface area contributed by atoms with E-state index in [1.165, 1.54) is 11.8 Å². The zero-order chi connectivity index (χ0) is 10.8. The predicted octanol–water partition coefficient (Wildman–Crippen LogP) is 1.34. The molecule has 1 aliphatic rings. The van der Waals surface area contributed by atoms with Gasteiger partial charge in [-0.15, -0.1) is 11.8 Å². The maximum Gasteiger partial charge on any atom is 0.329 e. The number of carboxylic acid groups (broad SMARTS) is 1. The van der Waals surface area contributed by atoms with Crippen LogP contribution >= 0.6 is 11.8 Å². The summed E-state index contributed by atoms with van der Waals surface area (Å²) in [5, 5.41) is 18.6. The van der Waals surface area contributed by atoms with Crippen molar-refractivity contribution in [2.75, 3.05) is 5.75 Å². The first-order valence-corrected chi connectivity index (χ1v) is 5.38. The average Bonchev–Trinajstić information content (AvgIpc) is 2.68. The van der Waals surface area contributed by atoms with E-state index in [2.05, 4.69) is 4.99 Å². The van der Waals surface area contributed by atoms with Crippen molar-refractivity contribution in [1.82, 2.24) is 0 Å². The zero-order valence-corrected chi connectivity index (χ0v) is 8.57. The van der Waals surface area contributed by atoms with Crippen LogP contribution in [0.3, 0.4) is 0 Å². The predicted molar refractivity (Wildman–Crippen MR) is 58.5 cm³/mol. The van der Waals surface area contributed by atoms with Gasteiger partial charge in [0.1, 0.15) is 5.75 Å². The molecule has 0 bridgehead atoms. The van der Waals surface area contributed by atoms with Crippen LogP contribution in [0.5, 0.6) is 5.75 Å². The molecule has 2 rings (SSSR count). The minimum atomic E-state index is -0.892. The summed E-state index contributed by atoms with van der Waals surface area (Å²) in [4.78, 5) is 14.8. The third kappa shape index (κ3) is 2.12. The second kappa shape index (κ2) is 3.94. The molecule has 0 radical (unpaired) electrons. The van der Waals surface area contributed by atoms with Gasteiger partial charge in [-0.25, -0.2) is 4.79 Å². The molecular formula is C10H9NO3S. The van der Waals surface area contributed by atoms with Gasteiger partial charge in [-0.05, 0) is 24.3 Å². The van der Waals surface area contributed by atoms with E-state index in [9.17, 15) is 4.79 Å². The third-order valence-corrected chi connectivity index (χ3v) is 3.15. The van der Waals surface area contributed by atoms with Gasteiger partial charge in [0.2, 0.25) is 0 Å². The van der Waals surface area contributed by atoms with Crippen molar-refractivity contribution in [3.8, 4) is 5.75 Å². The first kappa shape index (κ1) is 10.0. The summed E-state index contributed by atoms with van der Waals surface area (Å²) in [7, 11) is 0. The van der Waals surface area contributed by atoms with E-state index in [-0.39, 0.29) is 5.75 Å². The van der Waals surface area contributed by atoms with Gasteiger partial charge >= 0.3 is 5.97 Å². The van der Waals surface area contributed by atoms with E-state index in [0.717, 1.165) is 10.6 Å². The molecule has 78 valence electrons. The van der Waals surface area contributed by atoms with E-state index >= 15 is 0 Å². The Morgan fingerprint density at radius 2 is 2.07 bits per heavy atom. The van der Waals surface area contributed by atoms with Crippen LogP contribution in [0.2, 0.25) is 0 Å². The van der Waals surface area contributed by atoms with Crippen LogP contribution in [0.15, 0.2) is 29.3 Å². The van der Waals surface area contributed by atoms with Crippen LogP contribution in [-0.2, 0) is 4.79 Å². The summed E-state index contributed by atoms with van der Waals surface area (Å²) < 4.78 is 0. The second-order valence-electron chi connectivity index (χ2n) is 3.15. The summed E-state index contributed by atoms with van der Waals surface area (Å²) in [5.41, 5.74) is 0.849. The van der Waals surface area contributed by atoms with Crippen LogP contribution in [0.25, 0.3) is 0 Å². The number of benzene rings is 1. The Bertz CT molecular complexity index is 413. The molecular weight excluding hydrogens is 214 g/mol. The van der Waals surface area contributed by atoms with Gasteiger partial charge in [0, 0.05) is 11.3 Å². The minimum Gasteiger partial charge on any atom is -0.508 e. The fraction of sp³-hybridized carbons (Fsp3) is 0.200. The monoisotopic (exact) mass is 223 g/mol. The number of hydrogen-bond acceptors (Lipinski definition) is 4. The van der Waals surface area contributed by atoms with Gasteiger partial charge in [0.25, 0.3) is 0 Å². The minimum absolute atomic E-state index is 0.192. The van der Waals surface area contributed by atoms with Crippen molar-refractivity contribution in [3.63, 3.8) is 0 Å². The first-order chi connectivity index (χ1) is 7.16. The quantitative estimate of drug-likeness (QED) is 0.793. The molecule has 1 atom stereocenters. The molecule has 4 nitrogen and oxygen atoms in total. The molecule has 1 aromatic carbocycles. The van der Waals surface area contributed by atoms with E-state index in [1.54, 1.807) is 24.3 Å². The number of nitrogens with zero attached hydrogens (tertiary/aromatic N) is 1. The summed E-state index contributed by atoms with van der Waals surface area (Å²) in [6.07, 6.45) is 0. The van der Waals surface area contributed by atoms with E-state index in [1.807, 2.05) is 0 Å². The molecule has 0 aliphatic carbocycles. The largest absolute Gasteiger partial charge is 0.508 e. The van der Waals surface area contributed by atoms with E-state index in [4.69, 9.17) is 10.2 Å². The maximum atomic E-state index is 10.7. The highest BCUT2D eigenvalue weighted by Gasteiger charge is 2.24. The maximum absolute atomic E-state index is 10.7. The van der Waals surface area contributed by atoms with Crippen molar-refractivity contribution in [2.45, 2.75) is 6.04 Å². The molecule has 0 fully saturated rings. The van der Waals surface area contributed by atoms with Gasteiger partial charge < -0.3 is 10.2 Å². The van der Waals surface area contributed by atoms with Gasteiger partial charge in [-0.2, -0.15) is 0 Å². The van der Waals surface area contributed by atoms with E-state index < -0.39 is 12.0 Å². The van der Waals surface area contributed by atoms with Crippen molar-refractivity contribution >= 4 is 22.8 Å². The molecule has 0 unspecified atom stereocenters. The lowest BCUT2D eigenvalue weighted by Gasteiger charge is -1.98. The van der Waals surface area contributed by atoms with Crippen LogP contribution in [0.1, 0.15) is 5.56 Å². The molecule has 15 heavy (non-hydrogen) atoms. The van der Waals surface area contributed by atoms with Crippen LogP contribution in [0, 0.1) is 0 Å². The molecule has 2 N–H and O–H groups in total. The number of phenols is 1. The molecule has 0 saturated heterocycles. The second-order valence-corrected chi connectivity index (χ2v) is 4.15. The molecule has 0 spiro atoms. The Hall–Kier alpha value is -1.49. The smallest absolute Gasteiger partial charge is 0.329 e. The fourth-order valence-electron chi connectivity index (χ4n) is 1.26. The fourth-order valence-corrected chi connectivity index (χ4v) is 2.30. The number of carboxylic acids is 1. The molecule has 1 aromatic rings. The van der Waals surface area contributed by atoms with Crippen molar-refractivity contribution in [1.29, 1.82) is 0 Å². The SMILES string of the molecule is O=C(O)[C@@H]1CSC(c2ccc(O)cc2)=N1. The number of aliphatic imine (C=N–C) groups is 1. The normalized spacial score (nSPS) is 20.0. The Labute approximate surface area is 90.7 Å². The van der Waals surface area contributed by atoms with Gasteiger partial charge in [0.05, 0.1) is 5.04 Å². The van der Waals surface area contributed by atoms with Crippen LogP contribution in [0.4, 0.5) is 0 Å². The van der Waals surface area contributed by atoms with Crippen LogP contribution in [-0.4, -0.2) is 33.0 Å². The summed E-state index contributed by atoms with van der Waals surface area (Å²) in [6.45, 7) is 0. The topological polar surface area (TPSA) is 69.9 Å². The lowest BCUT2D eigenvalue weighted by molar-refractivity contribution is -0.137. The van der Waals surface area contributed by atoms with Crippen molar-refractivity contribution in [2.24, 2.45) is 4.99 Å². The number of rotatable bonds is 2. The van der Waals surface area contributed by atoms with Crippen molar-refractivity contribution < 1.29 is 15.0 Å².